The molecule has 0 heterocycles. The molecule has 1 nitrogen and oxygen atoms in total. The van der Waals surface area contributed by atoms with E-state index in [9.17, 15) is 0 Å². The van der Waals surface area contributed by atoms with Gasteiger partial charge in [0.25, 0.3) is 0 Å². The zero-order chi connectivity index (χ0) is 9.42. The van der Waals surface area contributed by atoms with Crippen LogP contribution in [0.15, 0.2) is 0 Å². The van der Waals surface area contributed by atoms with Crippen molar-refractivity contribution < 1.29 is 0 Å². The van der Waals surface area contributed by atoms with Gasteiger partial charge in [-0.05, 0) is 43.4 Å². The van der Waals surface area contributed by atoms with E-state index in [1.54, 1.807) is 0 Å². The summed E-state index contributed by atoms with van der Waals surface area (Å²) in [5, 5.41) is 3.69. The molecule has 2 unspecified atom stereocenters. The van der Waals surface area contributed by atoms with Crippen LogP contribution in [0.4, 0.5) is 0 Å². The normalized spacial score (nSPS) is 44.3. The third kappa shape index (κ3) is 2.07. The van der Waals surface area contributed by atoms with Crippen molar-refractivity contribution in [1.82, 2.24) is 5.32 Å². The number of nitrogens with one attached hydrogen (secondary N) is 1. The Morgan fingerprint density at radius 2 is 1.54 bits per heavy atom. The fourth-order valence-corrected chi connectivity index (χ4v) is 3.53. The number of hydrogen-bond donors (Lipinski definition) is 1. The summed E-state index contributed by atoms with van der Waals surface area (Å²) < 4.78 is 0. The first-order valence-electron chi connectivity index (χ1n) is 5.91. The van der Waals surface area contributed by atoms with E-state index in [4.69, 9.17) is 0 Å². The molecule has 1 N–H and O–H groups in total. The lowest BCUT2D eigenvalue weighted by Crippen LogP contribution is -2.33. The minimum atomic E-state index is 0.668. The third-order valence-corrected chi connectivity index (χ3v) is 3.82. The largest absolute Gasteiger partial charge is 0.312 e. The highest BCUT2D eigenvalue weighted by molar-refractivity contribution is 4.93. The highest BCUT2D eigenvalue weighted by atomic mass is 14.9. The van der Waals surface area contributed by atoms with Crippen LogP contribution in [0.25, 0.3) is 0 Å². The van der Waals surface area contributed by atoms with E-state index in [1.807, 2.05) is 0 Å². The zero-order valence-electron chi connectivity index (χ0n) is 9.22. The molecule has 0 aromatic heterocycles. The van der Waals surface area contributed by atoms with Crippen molar-refractivity contribution in [3.63, 3.8) is 0 Å². The van der Waals surface area contributed by atoms with Gasteiger partial charge in [-0.3, -0.25) is 0 Å². The van der Waals surface area contributed by atoms with Crippen molar-refractivity contribution in [3.05, 3.63) is 0 Å². The molecule has 2 atom stereocenters. The van der Waals surface area contributed by atoms with E-state index >= 15 is 0 Å². The van der Waals surface area contributed by atoms with E-state index < -0.39 is 0 Å². The molecule has 2 fully saturated rings. The Balaban J connectivity index is 1.83. The van der Waals surface area contributed by atoms with Crippen molar-refractivity contribution in [3.8, 4) is 0 Å². The molecule has 0 aromatic carbocycles. The predicted molar refractivity (Wildman–Crippen MR) is 56.7 cm³/mol. The third-order valence-electron chi connectivity index (χ3n) is 3.82. The number of rotatable bonds is 2. The second-order valence-corrected chi connectivity index (χ2v) is 5.59. The van der Waals surface area contributed by atoms with Crippen LogP contribution < -0.4 is 5.32 Å². The smallest absolute Gasteiger partial charge is 0.00749 e. The Kier molecular flexibility index (Phi) is 2.64. The molecule has 2 saturated carbocycles. The number of hydrogen-bond acceptors (Lipinski definition) is 1. The summed E-state index contributed by atoms with van der Waals surface area (Å²) in [6, 6.07) is 1.50. The quantitative estimate of drug-likeness (QED) is 0.690. The van der Waals surface area contributed by atoms with E-state index in [0.29, 0.717) is 6.04 Å². The molecule has 0 spiro atoms. The summed E-state index contributed by atoms with van der Waals surface area (Å²) in [6.07, 6.45) is 5.91. The topological polar surface area (TPSA) is 12.0 Å². The first-order valence-corrected chi connectivity index (χ1v) is 5.91. The molecule has 0 aromatic rings. The van der Waals surface area contributed by atoms with Crippen LogP contribution in [0.5, 0.6) is 0 Å². The van der Waals surface area contributed by atoms with Gasteiger partial charge >= 0.3 is 0 Å². The van der Waals surface area contributed by atoms with Gasteiger partial charge in [-0.25, -0.2) is 0 Å². The van der Waals surface area contributed by atoms with E-state index in [2.05, 4.69) is 26.1 Å². The molecular formula is C12H23N. The van der Waals surface area contributed by atoms with Gasteiger partial charge in [0.05, 0.1) is 0 Å². The van der Waals surface area contributed by atoms with Gasteiger partial charge in [0.2, 0.25) is 0 Å². The molecule has 76 valence electrons. The average molecular weight is 181 g/mol. The Morgan fingerprint density at radius 1 is 1.00 bits per heavy atom. The molecule has 2 aliphatic rings. The van der Waals surface area contributed by atoms with Gasteiger partial charge < -0.3 is 5.32 Å². The standard InChI is InChI=1S/C12H23N/c1-8(2)13-12-6-10-4-9(3)5-11(10)7-12/h8-13H,4-7H2,1-3H3. The molecule has 0 aliphatic heterocycles. The van der Waals surface area contributed by atoms with Crippen LogP contribution in [0.1, 0.15) is 46.5 Å². The Morgan fingerprint density at radius 3 is 2.00 bits per heavy atom. The molecular weight excluding hydrogens is 158 g/mol. The fraction of sp³-hybridized carbons (Fsp3) is 1.00. The second kappa shape index (κ2) is 3.61. The maximum absolute atomic E-state index is 3.69. The van der Waals surface area contributed by atoms with Gasteiger partial charge in [-0.15, -0.1) is 0 Å². The minimum absolute atomic E-state index is 0.668. The SMILES string of the molecule is CC1CC2CC(NC(C)C)CC2C1. The van der Waals surface area contributed by atoms with E-state index in [0.717, 1.165) is 23.8 Å². The second-order valence-electron chi connectivity index (χ2n) is 5.59. The summed E-state index contributed by atoms with van der Waals surface area (Å²) in [5.41, 5.74) is 0. The maximum Gasteiger partial charge on any atom is 0.00749 e. The maximum atomic E-state index is 3.69. The molecule has 0 amide bonds. The molecule has 0 saturated heterocycles. The van der Waals surface area contributed by atoms with Crippen LogP contribution in [-0.2, 0) is 0 Å². The minimum Gasteiger partial charge on any atom is -0.312 e. The number of fused-ring (bicyclic) bond motifs is 1. The Bertz CT molecular complexity index is 162. The molecule has 13 heavy (non-hydrogen) atoms. The Hall–Kier alpha value is -0.0400. The molecule has 2 rings (SSSR count). The average Bonchev–Trinajstić information content (AvgIpc) is 2.41. The lowest BCUT2D eigenvalue weighted by Gasteiger charge is -2.17. The lowest BCUT2D eigenvalue weighted by atomic mass is 10.0. The molecule has 1 heteroatoms. The van der Waals surface area contributed by atoms with Gasteiger partial charge in [-0.1, -0.05) is 20.8 Å². The molecule has 0 radical (unpaired) electrons. The lowest BCUT2D eigenvalue weighted by molar-refractivity contribution is 0.420. The first-order chi connectivity index (χ1) is 6.15. The van der Waals surface area contributed by atoms with Crippen LogP contribution in [0, 0.1) is 17.8 Å². The van der Waals surface area contributed by atoms with Gasteiger partial charge in [0.15, 0.2) is 0 Å². The molecule has 0 bridgehead atoms. The van der Waals surface area contributed by atoms with Crippen molar-refractivity contribution in [2.24, 2.45) is 17.8 Å². The van der Waals surface area contributed by atoms with Gasteiger partial charge in [0, 0.05) is 12.1 Å². The van der Waals surface area contributed by atoms with Crippen LogP contribution >= 0.6 is 0 Å². The van der Waals surface area contributed by atoms with Crippen LogP contribution in [-0.4, -0.2) is 12.1 Å². The van der Waals surface area contributed by atoms with E-state index in [-0.39, 0.29) is 0 Å². The van der Waals surface area contributed by atoms with E-state index in [1.165, 1.54) is 25.7 Å². The summed E-state index contributed by atoms with van der Waals surface area (Å²) in [6.45, 7) is 6.94. The zero-order valence-corrected chi connectivity index (χ0v) is 9.22. The molecule has 2 aliphatic carbocycles. The first kappa shape index (κ1) is 9.51. The van der Waals surface area contributed by atoms with Crippen LogP contribution in [0.3, 0.4) is 0 Å². The monoisotopic (exact) mass is 181 g/mol. The van der Waals surface area contributed by atoms with Crippen molar-refractivity contribution >= 4 is 0 Å². The van der Waals surface area contributed by atoms with Crippen molar-refractivity contribution in [1.29, 1.82) is 0 Å². The Labute approximate surface area is 82.3 Å². The van der Waals surface area contributed by atoms with Gasteiger partial charge in [-0.2, -0.15) is 0 Å². The predicted octanol–water partition coefficient (Wildman–Crippen LogP) is 2.81. The summed E-state index contributed by atoms with van der Waals surface area (Å²) in [7, 11) is 0. The van der Waals surface area contributed by atoms with Gasteiger partial charge in [0.1, 0.15) is 0 Å². The van der Waals surface area contributed by atoms with Crippen LogP contribution in [0.2, 0.25) is 0 Å². The van der Waals surface area contributed by atoms with Crippen molar-refractivity contribution in [2.45, 2.75) is 58.5 Å². The van der Waals surface area contributed by atoms with Crippen molar-refractivity contribution in [2.75, 3.05) is 0 Å². The summed E-state index contributed by atoms with van der Waals surface area (Å²) in [4.78, 5) is 0. The highest BCUT2D eigenvalue weighted by Gasteiger charge is 2.39. The fourth-order valence-electron chi connectivity index (χ4n) is 3.53. The summed E-state index contributed by atoms with van der Waals surface area (Å²) >= 11 is 0. The highest BCUT2D eigenvalue weighted by Crippen LogP contribution is 2.46. The summed E-state index contributed by atoms with van der Waals surface area (Å²) in [5.74, 6) is 3.13.